The molecule has 1 saturated heterocycles. The molecule has 1 aromatic rings. The monoisotopic (exact) mass is 245 g/mol. The molecular weight excluding hydrogens is 222 g/mol. The van der Waals surface area contributed by atoms with Crippen LogP contribution in [0, 0.1) is 5.92 Å². The molecule has 0 unspecified atom stereocenters. The number of piperidine rings is 1. The Kier molecular flexibility index (Phi) is 4.40. The van der Waals surface area contributed by atoms with Crippen LogP contribution in [0.4, 0.5) is 0 Å². The molecule has 1 heterocycles. The first kappa shape index (κ1) is 13.1. The second-order valence-corrected chi connectivity index (χ2v) is 5.38. The third-order valence-electron chi connectivity index (χ3n) is 4.00. The minimum absolute atomic E-state index is 0.0413. The van der Waals surface area contributed by atoms with E-state index in [0.29, 0.717) is 5.91 Å². The molecule has 1 aromatic carbocycles. The standard InChI is InChI=1S/C16H23NO/c1-3-15(14-7-5-4-6-8-14)16(18)17-11-9-13(2)10-12-17/h4-8,13,15H,3,9-12H2,1-2H3/t15-/m1/s1. The molecule has 18 heavy (non-hydrogen) atoms. The second-order valence-electron chi connectivity index (χ2n) is 5.38. The number of amides is 1. The van der Waals surface area contributed by atoms with Gasteiger partial charge in [0, 0.05) is 13.1 Å². The smallest absolute Gasteiger partial charge is 0.230 e. The second kappa shape index (κ2) is 6.03. The fraction of sp³-hybridized carbons (Fsp3) is 0.562. The molecule has 1 amide bonds. The van der Waals surface area contributed by atoms with Crippen molar-refractivity contribution in [2.75, 3.05) is 13.1 Å². The zero-order valence-corrected chi connectivity index (χ0v) is 11.4. The van der Waals surface area contributed by atoms with Crippen LogP contribution >= 0.6 is 0 Å². The van der Waals surface area contributed by atoms with Crippen LogP contribution in [-0.4, -0.2) is 23.9 Å². The summed E-state index contributed by atoms with van der Waals surface area (Å²) in [6.45, 7) is 6.24. The average molecular weight is 245 g/mol. The molecule has 1 atom stereocenters. The van der Waals surface area contributed by atoms with E-state index in [9.17, 15) is 4.79 Å². The summed E-state index contributed by atoms with van der Waals surface area (Å²) in [6.07, 6.45) is 3.18. The van der Waals surface area contributed by atoms with Crippen LogP contribution in [0.2, 0.25) is 0 Å². The fourth-order valence-electron chi connectivity index (χ4n) is 2.69. The first-order valence-electron chi connectivity index (χ1n) is 7.06. The minimum Gasteiger partial charge on any atom is -0.342 e. The molecule has 2 heteroatoms. The molecule has 1 aliphatic rings. The fourth-order valence-corrected chi connectivity index (χ4v) is 2.69. The SMILES string of the molecule is CC[C@@H](C(=O)N1CCC(C)CC1)c1ccccc1. The lowest BCUT2D eigenvalue weighted by atomic mass is 9.92. The van der Waals surface area contributed by atoms with Gasteiger partial charge in [-0.1, -0.05) is 44.2 Å². The number of hydrogen-bond donors (Lipinski definition) is 0. The van der Waals surface area contributed by atoms with Gasteiger partial charge in [-0.25, -0.2) is 0 Å². The summed E-state index contributed by atoms with van der Waals surface area (Å²) >= 11 is 0. The summed E-state index contributed by atoms with van der Waals surface area (Å²) in [7, 11) is 0. The minimum atomic E-state index is 0.0413. The van der Waals surface area contributed by atoms with Crippen LogP contribution < -0.4 is 0 Å². The summed E-state index contributed by atoms with van der Waals surface area (Å²) in [5.41, 5.74) is 1.16. The molecule has 0 spiro atoms. The van der Waals surface area contributed by atoms with Gasteiger partial charge in [-0.3, -0.25) is 4.79 Å². The largest absolute Gasteiger partial charge is 0.342 e. The zero-order chi connectivity index (χ0) is 13.0. The van der Waals surface area contributed by atoms with E-state index in [2.05, 4.69) is 30.9 Å². The Bertz CT molecular complexity index is 379. The molecular formula is C16H23NO. The van der Waals surface area contributed by atoms with Crippen LogP contribution in [0.3, 0.4) is 0 Å². The van der Waals surface area contributed by atoms with Gasteiger partial charge in [0.15, 0.2) is 0 Å². The molecule has 1 aliphatic heterocycles. The lowest BCUT2D eigenvalue weighted by molar-refractivity contribution is -0.134. The highest BCUT2D eigenvalue weighted by Crippen LogP contribution is 2.25. The number of likely N-dealkylation sites (tertiary alicyclic amines) is 1. The molecule has 0 aliphatic carbocycles. The normalized spacial score (nSPS) is 18.7. The van der Waals surface area contributed by atoms with Crippen molar-refractivity contribution < 1.29 is 4.79 Å². The van der Waals surface area contributed by atoms with E-state index in [1.54, 1.807) is 0 Å². The van der Waals surface area contributed by atoms with Crippen molar-refractivity contribution in [1.82, 2.24) is 4.90 Å². The third kappa shape index (κ3) is 2.92. The van der Waals surface area contributed by atoms with Crippen molar-refractivity contribution in [3.63, 3.8) is 0 Å². The summed E-state index contributed by atoms with van der Waals surface area (Å²) in [6, 6.07) is 10.2. The van der Waals surface area contributed by atoms with Gasteiger partial charge in [-0.15, -0.1) is 0 Å². The Morgan fingerprint density at radius 3 is 2.44 bits per heavy atom. The number of nitrogens with zero attached hydrogens (tertiary/aromatic N) is 1. The maximum atomic E-state index is 12.6. The summed E-state index contributed by atoms with van der Waals surface area (Å²) in [4.78, 5) is 14.6. The number of carbonyl (C=O) groups excluding carboxylic acids is 1. The molecule has 0 saturated carbocycles. The zero-order valence-electron chi connectivity index (χ0n) is 11.4. The van der Waals surface area contributed by atoms with Crippen molar-refractivity contribution in [2.24, 2.45) is 5.92 Å². The highest BCUT2D eigenvalue weighted by Gasteiger charge is 2.26. The topological polar surface area (TPSA) is 20.3 Å². The Labute approximate surface area is 110 Å². The number of carbonyl (C=O) groups is 1. The summed E-state index contributed by atoms with van der Waals surface area (Å²) in [5, 5.41) is 0. The molecule has 98 valence electrons. The number of hydrogen-bond acceptors (Lipinski definition) is 1. The Hall–Kier alpha value is -1.31. The van der Waals surface area contributed by atoms with Gasteiger partial charge in [0.2, 0.25) is 5.91 Å². The first-order chi connectivity index (χ1) is 8.72. The van der Waals surface area contributed by atoms with Crippen molar-refractivity contribution in [1.29, 1.82) is 0 Å². The van der Waals surface area contributed by atoms with E-state index >= 15 is 0 Å². The molecule has 1 fully saturated rings. The van der Waals surface area contributed by atoms with Crippen molar-refractivity contribution in [3.8, 4) is 0 Å². The molecule has 0 aromatic heterocycles. The summed E-state index contributed by atoms with van der Waals surface area (Å²) in [5.74, 6) is 1.13. The van der Waals surface area contributed by atoms with Crippen LogP contribution in [0.5, 0.6) is 0 Å². The number of rotatable bonds is 3. The van der Waals surface area contributed by atoms with Crippen LogP contribution in [0.25, 0.3) is 0 Å². The highest BCUT2D eigenvalue weighted by atomic mass is 16.2. The van der Waals surface area contributed by atoms with Gasteiger partial charge >= 0.3 is 0 Å². The third-order valence-corrected chi connectivity index (χ3v) is 4.00. The van der Waals surface area contributed by atoms with E-state index in [-0.39, 0.29) is 5.92 Å². The van der Waals surface area contributed by atoms with Crippen molar-refractivity contribution in [2.45, 2.75) is 39.0 Å². The van der Waals surface area contributed by atoms with Gasteiger partial charge in [0.1, 0.15) is 0 Å². The predicted octanol–water partition coefficient (Wildman–Crippen LogP) is 3.44. The van der Waals surface area contributed by atoms with Crippen molar-refractivity contribution >= 4 is 5.91 Å². The lowest BCUT2D eigenvalue weighted by Crippen LogP contribution is -2.40. The Morgan fingerprint density at radius 1 is 1.28 bits per heavy atom. The van der Waals surface area contributed by atoms with Gasteiger partial charge in [-0.05, 0) is 30.7 Å². The summed E-state index contributed by atoms with van der Waals surface area (Å²) < 4.78 is 0. The van der Waals surface area contributed by atoms with Crippen LogP contribution in [0.15, 0.2) is 30.3 Å². The first-order valence-corrected chi connectivity index (χ1v) is 7.06. The van der Waals surface area contributed by atoms with E-state index in [1.165, 1.54) is 0 Å². The lowest BCUT2D eigenvalue weighted by Gasteiger charge is -2.33. The van der Waals surface area contributed by atoms with Crippen molar-refractivity contribution in [3.05, 3.63) is 35.9 Å². The maximum Gasteiger partial charge on any atom is 0.230 e. The average Bonchev–Trinajstić information content (AvgIpc) is 2.41. The Morgan fingerprint density at radius 2 is 1.89 bits per heavy atom. The predicted molar refractivity (Wildman–Crippen MR) is 74.5 cm³/mol. The quantitative estimate of drug-likeness (QED) is 0.799. The van der Waals surface area contributed by atoms with Gasteiger partial charge in [0.25, 0.3) is 0 Å². The van der Waals surface area contributed by atoms with Crippen LogP contribution in [0.1, 0.15) is 44.6 Å². The molecule has 0 bridgehead atoms. The molecule has 0 radical (unpaired) electrons. The molecule has 2 nitrogen and oxygen atoms in total. The number of benzene rings is 1. The molecule has 0 N–H and O–H groups in total. The van der Waals surface area contributed by atoms with Gasteiger partial charge < -0.3 is 4.90 Å². The van der Waals surface area contributed by atoms with E-state index in [1.807, 2.05) is 18.2 Å². The van der Waals surface area contributed by atoms with Gasteiger partial charge in [0.05, 0.1) is 5.92 Å². The maximum absolute atomic E-state index is 12.6. The van der Waals surface area contributed by atoms with E-state index < -0.39 is 0 Å². The van der Waals surface area contributed by atoms with E-state index in [4.69, 9.17) is 0 Å². The van der Waals surface area contributed by atoms with Gasteiger partial charge in [-0.2, -0.15) is 0 Å². The Balaban J connectivity index is 2.06. The highest BCUT2D eigenvalue weighted by molar-refractivity contribution is 5.83. The van der Waals surface area contributed by atoms with Crippen LogP contribution in [-0.2, 0) is 4.79 Å². The van der Waals surface area contributed by atoms with E-state index in [0.717, 1.165) is 43.8 Å². The molecule has 2 rings (SSSR count).